The molecule has 0 saturated heterocycles. The molecule has 31 heavy (non-hydrogen) atoms. The average Bonchev–Trinajstić information content (AvgIpc) is 2.66. The number of aliphatic hydroxyl groups is 1. The van der Waals surface area contributed by atoms with Crippen molar-refractivity contribution in [2.24, 2.45) is 0 Å². The smallest absolute Gasteiger partial charge is 0.174 e. The summed E-state index contributed by atoms with van der Waals surface area (Å²) in [6, 6.07) is 6.00. The fourth-order valence-corrected chi connectivity index (χ4v) is 4.14. The second-order valence-corrected chi connectivity index (χ2v) is 8.61. The molecule has 3 atom stereocenters. The van der Waals surface area contributed by atoms with Gasteiger partial charge < -0.3 is 14.9 Å². The van der Waals surface area contributed by atoms with E-state index in [1.54, 1.807) is 17.0 Å². The van der Waals surface area contributed by atoms with E-state index >= 15 is 8.78 Å². The molecule has 2 aromatic rings. The topological polar surface area (TPSA) is 52.9 Å². The summed E-state index contributed by atoms with van der Waals surface area (Å²) < 4.78 is 49.9. The van der Waals surface area contributed by atoms with Crippen LogP contribution in [0.3, 0.4) is 0 Å². The summed E-state index contributed by atoms with van der Waals surface area (Å²) in [4.78, 5) is 1.77. The molecule has 0 saturated carbocycles. The van der Waals surface area contributed by atoms with E-state index in [0.29, 0.717) is 12.0 Å². The van der Waals surface area contributed by atoms with Gasteiger partial charge in [0, 0.05) is 25.3 Å². The first kappa shape index (κ1) is 23.3. The molecule has 2 aromatic carbocycles. The van der Waals surface area contributed by atoms with E-state index in [0.717, 1.165) is 5.56 Å². The zero-order valence-corrected chi connectivity index (χ0v) is 18.1. The van der Waals surface area contributed by atoms with Crippen LogP contribution in [0.5, 0.6) is 5.75 Å². The Balaban J connectivity index is 2.13. The molecular weight excluding hydrogens is 407 g/mol. The third-order valence-corrected chi connectivity index (χ3v) is 5.46. The third-order valence-electron chi connectivity index (χ3n) is 5.46. The molecule has 0 spiro atoms. The largest absolute Gasteiger partial charge is 0.508 e. The van der Waals surface area contributed by atoms with Crippen LogP contribution in [0.25, 0.3) is 6.08 Å². The lowest BCUT2D eigenvalue weighted by atomic mass is 9.83. The van der Waals surface area contributed by atoms with Crippen LogP contribution in [0.4, 0.5) is 13.2 Å². The fraction of sp³-hybridized carbons (Fsp3) is 0.417. The number of aliphatic hydroxyl groups excluding tert-OH is 1. The number of hydrogen-bond donors (Lipinski definition) is 2. The summed E-state index contributed by atoms with van der Waals surface area (Å²) >= 11 is 0. The molecule has 2 N–H and O–H groups in total. The van der Waals surface area contributed by atoms with Crippen LogP contribution in [-0.2, 0) is 11.2 Å². The van der Waals surface area contributed by atoms with E-state index in [9.17, 15) is 14.6 Å². The molecule has 1 aliphatic rings. The quantitative estimate of drug-likeness (QED) is 0.644. The van der Waals surface area contributed by atoms with Gasteiger partial charge in [-0.2, -0.15) is 0 Å². The minimum absolute atomic E-state index is 0.0142. The van der Waals surface area contributed by atoms with E-state index < -0.39 is 29.6 Å². The van der Waals surface area contributed by atoms with E-state index in [4.69, 9.17) is 4.74 Å². The van der Waals surface area contributed by atoms with E-state index in [1.807, 2.05) is 6.92 Å². The molecule has 1 aliphatic heterocycles. The van der Waals surface area contributed by atoms with E-state index in [2.05, 4.69) is 0 Å². The highest BCUT2D eigenvalue weighted by atomic mass is 19.1. The van der Waals surface area contributed by atoms with Crippen molar-refractivity contribution in [1.82, 2.24) is 4.90 Å². The SMILES string of the molecule is COC(O)/C=C/c1cc(F)c(C2c3ccc(O)cc3CC(C)N2CC(C)(C)F)c(F)c1. The molecule has 3 unspecified atom stereocenters. The molecule has 0 amide bonds. The number of hydrogen-bond acceptors (Lipinski definition) is 4. The minimum atomic E-state index is -1.58. The lowest BCUT2D eigenvalue weighted by molar-refractivity contribution is -0.0350. The highest BCUT2D eigenvalue weighted by Gasteiger charge is 2.39. The summed E-state index contributed by atoms with van der Waals surface area (Å²) in [6.45, 7) is 4.74. The summed E-state index contributed by atoms with van der Waals surface area (Å²) in [5.41, 5.74) is -0.117. The fourth-order valence-electron chi connectivity index (χ4n) is 4.14. The van der Waals surface area contributed by atoms with Gasteiger partial charge in [0.25, 0.3) is 0 Å². The summed E-state index contributed by atoms with van der Waals surface area (Å²) in [7, 11) is 1.31. The Morgan fingerprint density at radius 2 is 1.87 bits per heavy atom. The molecule has 0 aromatic heterocycles. The molecule has 3 rings (SSSR count). The van der Waals surface area contributed by atoms with Crippen LogP contribution >= 0.6 is 0 Å². The number of aromatic hydroxyl groups is 1. The first-order valence-electron chi connectivity index (χ1n) is 10.1. The Morgan fingerprint density at radius 3 is 2.45 bits per heavy atom. The van der Waals surface area contributed by atoms with Gasteiger partial charge in [0.2, 0.25) is 0 Å². The Hall–Kier alpha value is -2.35. The predicted octanol–water partition coefficient (Wildman–Crippen LogP) is 4.73. The number of alkyl halides is 1. The second kappa shape index (κ2) is 9.02. The maximum Gasteiger partial charge on any atom is 0.174 e. The molecule has 168 valence electrons. The third kappa shape index (κ3) is 5.29. The molecule has 4 nitrogen and oxygen atoms in total. The second-order valence-electron chi connectivity index (χ2n) is 8.61. The normalized spacial score (nSPS) is 20.8. The number of methoxy groups -OCH3 is 1. The minimum Gasteiger partial charge on any atom is -0.508 e. The number of rotatable bonds is 6. The van der Waals surface area contributed by atoms with Crippen molar-refractivity contribution in [3.63, 3.8) is 0 Å². The van der Waals surface area contributed by atoms with Crippen LogP contribution in [0.1, 0.15) is 49.1 Å². The maximum atomic E-state index is 15.3. The summed E-state index contributed by atoms with van der Waals surface area (Å²) in [5.74, 6) is -1.47. The van der Waals surface area contributed by atoms with Gasteiger partial charge in [0.15, 0.2) is 6.29 Å². The van der Waals surface area contributed by atoms with Gasteiger partial charge in [-0.25, -0.2) is 13.2 Å². The Bertz CT molecular complexity index is 948. The van der Waals surface area contributed by atoms with Gasteiger partial charge in [-0.3, -0.25) is 4.90 Å². The van der Waals surface area contributed by atoms with Crippen LogP contribution in [-0.4, -0.2) is 46.8 Å². The van der Waals surface area contributed by atoms with Gasteiger partial charge in [-0.15, -0.1) is 0 Å². The summed E-state index contributed by atoms with van der Waals surface area (Å²) in [6.07, 6.45) is 1.97. The molecule has 0 aliphatic carbocycles. The first-order chi connectivity index (χ1) is 14.5. The average molecular weight is 435 g/mol. The van der Waals surface area contributed by atoms with Crippen LogP contribution < -0.4 is 0 Å². The predicted molar refractivity (Wildman–Crippen MR) is 113 cm³/mol. The van der Waals surface area contributed by atoms with E-state index in [1.165, 1.54) is 51.3 Å². The summed E-state index contributed by atoms with van der Waals surface area (Å²) in [5, 5.41) is 19.4. The van der Waals surface area contributed by atoms with Crippen molar-refractivity contribution in [3.05, 3.63) is 70.3 Å². The van der Waals surface area contributed by atoms with Crippen molar-refractivity contribution < 1.29 is 28.1 Å². The lowest BCUT2D eigenvalue weighted by Gasteiger charge is -2.44. The zero-order chi connectivity index (χ0) is 22.9. The molecular formula is C24H28F3NO3. The Morgan fingerprint density at radius 1 is 1.23 bits per heavy atom. The van der Waals surface area contributed by atoms with Crippen molar-refractivity contribution in [2.75, 3.05) is 13.7 Å². The number of phenolic OH excluding ortho intramolecular Hbond substituents is 1. The number of benzene rings is 2. The van der Waals surface area contributed by atoms with Gasteiger partial charge in [-0.05, 0) is 74.2 Å². The number of fused-ring (bicyclic) bond motifs is 1. The highest BCUT2D eigenvalue weighted by Crippen LogP contribution is 2.42. The van der Waals surface area contributed by atoms with Gasteiger partial charge in [0.1, 0.15) is 23.1 Å². The first-order valence-corrected chi connectivity index (χ1v) is 10.1. The molecule has 0 bridgehead atoms. The van der Waals surface area contributed by atoms with Crippen molar-refractivity contribution in [2.45, 2.75) is 51.2 Å². The van der Waals surface area contributed by atoms with E-state index in [-0.39, 0.29) is 29.5 Å². The number of phenols is 1. The highest BCUT2D eigenvalue weighted by molar-refractivity contribution is 5.53. The monoisotopic (exact) mass is 435 g/mol. The number of ether oxygens (including phenoxy) is 1. The molecule has 0 fully saturated rings. The van der Waals surface area contributed by atoms with Crippen LogP contribution in [0.2, 0.25) is 0 Å². The number of halogens is 3. The molecule has 0 radical (unpaired) electrons. The molecule has 7 heteroatoms. The van der Waals surface area contributed by atoms with Crippen LogP contribution in [0.15, 0.2) is 36.4 Å². The number of nitrogens with zero attached hydrogens (tertiary/aromatic N) is 1. The lowest BCUT2D eigenvalue weighted by Crippen LogP contribution is -2.48. The molecule has 1 heterocycles. The van der Waals surface area contributed by atoms with Crippen LogP contribution in [0, 0.1) is 11.6 Å². The van der Waals surface area contributed by atoms with Crippen molar-refractivity contribution in [1.29, 1.82) is 0 Å². The Kier molecular flexibility index (Phi) is 6.79. The van der Waals surface area contributed by atoms with Gasteiger partial charge in [-0.1, -0.05) is 12.1 Å². The van der Waals surface area contributed by atoms with Crippen molar-refractivity contribution in [3.8, 4) is 5.75 Å². The van der Waals surface area contributed by atoms with Crippen molar-refractivity contribution >= 4 is 6.08 Å². The van der Waals surface area contributed by atoms with Gasteiger partial charge in [0.05, 0.1) is 6.04 Å². The standard InChI is InChI=1S/C24H28F3NO3/c1-14-9-16-12-17(29)6-7-18(16)23(28(14)13-24(2,3)27)22-19(25)10-15(11-20(22)26)5-8-21(30)31-4/h5-8,10-12,14,21,23,29-30H,9,13H2,1-4H3/b8-5+. The maximum absolute atomic E-state index is 15.3. The Labute approximate surface area is 180 Å². The van der Waals surface area contributed by atoms with Gasteiger partial charge >= 0.3 is 0 Å². The zero-order valence-electron chi connectivity index (χ0n) is 18.1.